The van der Waals surface area contributed by atoms with Crippen molar-refractivity contribution in [3.8, 4) is 11.5 Å². The Labute approximate surface area is 127 Å². The predicted molar refractivity (Wildman–Crippen MR) is 85.1 cm³/mol. The lowest BCUT2D eigenvalue weighted by Crippen LogP contribution is -2.07. The van der Waals surface area contributed by atoms with Gasteiger partial charge < -0.3 is 15.2 Å². The zero-order chi connectivity index (χ0) is 14.5. The summed E-state index contributed by atoms with van der Waals surface area (Å²) in [6, 6.07) is 13.5. The number of nitrogen functional groups attached to an aromatic ring is 1. The number of ether oxygens (including phenoxy) is 2. The second-order valence-electron chi connectivity index (χ2n) is 4.75. The SMILES string of the molecule is CC(C)Oc1cc(OCc2ccccc2Br)ccc1N. The first-order valence-corrected chi connectivity index (χ1v) is 7.28. The molecule has 0 radical (unpaired) electrons. The molecule has 0 unspecified atom stereocenters. The van der Waals surface area contributed by atoms with E-state index in [9.17, 15) is 0 Å². The molecule has 2 aromatic carbocycles. The van der Waals surface area contributed by atoms with E-state index < -0.39 is 0 Å². The highest BCUT2D eigenvalue weighted by atomic mass is 79.9. The zero-order valence-corrected chi connectivity index (χ0v) is 13.2. The average molecular weight is 336 g/mol. The molecule has 0 fully saturated rings. The number of nitrogens with two attached hydrogens (primary N) is 1. The van der Waals surface area contributed by atoms with E-state index in [2.05, 4.69) is 15.9 Å². The molecule has 3 nitrogen and oxygen atoms in total. The lowest BCUT2D eigenvalue weighted by molar-refractivity contribution is 0.241. The van der Waals surface area contributed by atoms with Gasteiger partial charge in [0.15, 0.2) is 0 Å². The van der Waals surface area contributed by atoms with Crippen molar-refractivity contribution in [3.63, 3.8) is 0 Å². The largest absolute Gasteiger partial charge is 0.489 e. The molecule has 0 aliphatic rings. The first-order chi connectivity index (χ1) is 9.56. The Morgan fingerprint density at radius 1 is 1.15 bits per heavy atom. The molecule has 20 heavy (non-hydrogen) atoms. The van der Waals surface area contributed by atoms with Crippen LogP contribution in [0.2, 0.25) is 0 Å². The fourth-order valence-corrected chi connectivity index (χ4v) is 2.14. The van der Waals surface area contributed by atoms with E-state index in [1.807, 2.05) is 50.2 Å². The van der Waals surface area contributed by atoms with Crippen LogP contribution < -0.4 is 15.2 Å². The van der Waals surface area contributed by atoms with Crippen LogP contribution in [0.25, 0.3) is 0 Å². The molecule has 0 aromatic heterocycles. The van der Waals surface area contributed by atoms with Crippen LogP contribution in [0.4, 0.5) is 5.69 Å². The summed E-state index contributed by atoms with van der Waals surface area (Å²) in [6.45, 7) is 4.43. The van der Waals surface area contributed by atoms with Crippen LogP contribution in [0.1, 0.15) is 19.4 Å². The molecule has 4 heteroatoms. The van der Waals surface area contributed by atoms with Crippen molar-refractivity contribution in [1.29, 1.82) is 0 Å². The molecule has 2 aromatic rings. The molecule has 0 amide bonds. The summed E-state index contributed by atoms with van der Waals surface area (Å²) < 4.78 is 12.5. The van der Waals surface area contributed by atoms with E-state index >= 15 is 0 Å². The van der Waals surface area contributed by atoms with Gasteiger partial charge in [0.25, 0.3) is 0 Å². The van der Waals surface area contributed by atoms with Crippen LogP contribution in [0.15, 0.2) is 46.9 Å². The molecular weight excluding hydrogens is 318 g/mol. The summed E-state index contributed by atoms with van der Waals surface area (Å²) in [5.41, 5.74) is 7.59. The minimum Gasteiger partial charge on any atom is -0.489 e. The minimum atomic E-state index is 0.0795. The van der Waals surface area contributed by atoms with Crippen molar-refractivity contribution in [1.82, 2.24) is 0 Å². The Hall–Kier alpha value is -1.68. The van der Waals surface area contributed by atoms with Gasteiger partial charge in [-0.25, -0.2) is 0 Å². The Kier molecular flexibility index (Phi) is 4.90. The Balaban J connectivity index is 2.08. The third-order valence-corrected chi connectivity index (χ3v) is 3.47. The smallest absolute Gasteiger partial charge is 0.146 e. The predicted octanol–water partition coefficient (Wildman–Crippen LogP) is 4.40. The molecule has 0 atom stereocenters. The van der Waals surface area contributed by atoms with E-state index in [0.717, 1.165) is 15.8 Å². The lowest BCUT2D eigenvalue weighted by Gasteiger charge is -2.14. The molecule has 0 saturated carbocycles. The summed E-state index contributed by atoms with van der Waals surface area (Å²) in [4.78, 5) is 0. The van der Waals surface area contributed by atoms with Crippen molar-refractivity contribution >= 4 is 21.6 Å². The van der Waals surface area contributed by atoms with Crippen molar-refractivity contribution in [3.05, 3.63) is 52.5 Å². The fourth-order valence-electron chi connectivity index (χ4n) is 1.74. The third-order valence-electron chi connectivity index (χ3n) is 2.70. The van der Waals surface area contributed by atoms with Gasteiger partial charge in [0.2, 0.25) is 0 Å². The maximum atomic E-state index is 5.88. The summed E-state index contributed by atoms with van der Waals surface area (Å²) in [5.74, 6) is 1.40. The maximum absolute atomic E-state index is 5.88. The summed E-state index contributed by atoms with van der Waals surface area (Å²) in [5, 5.41) is 0. The van der Waals surface area contributed by atoms with Gasteiger partial charge in [-0.2, -0.15) is 0 Å². The number of hydrogen-bond donors (Lipinski definition) is 1. The lowest BCUT2D eigenvalue weighted by atomic mass is 10.2. The van der Waals surface area contributed by atoms with E-state index in [-0.39, 0.29) is 6.10 Å². The number of benzene rings is 2. The molecule has 106 valence electrons. The van der Waals surface area contributed by atoms with Crippen LogP contribution >= 0.6 is 15.9 Å². The molecule has 0 heterocycles. The second-order valence-corrected chi connectivity index (χ2v) is 5.60. The quantitative estimate of drug-likeness (QED) is 0.823. The van der Waals surface area contributed by atoms with Gasteiger partial charge in [0, 0.05) is 16.1 Å². The van der Waals surface area contributed by atoms with Gasteiger partial charge in [-0.1, -0.05) is 34.1 Å². The van der Waals surface area contributed by atoms with Gasteiger partial charge in [-0.05, 0) is 32.0 Å². The van der Waals surface area contributed by atoms with Crippen LogP contribution in [-0.4, -0.2) is 6.10 Å². The fraction of sp³-hybridized carbons (Fsp3) is 0.250. The monoisotopic (exact) mass is 335 g/mol. The van der Waals surface area contributed by atoms with E-state index in [1.165, 1.54) is 0 Å². The number of rotatable bonds is 5. The van der Waals surface area contributed by atoms with Crippen LogP contribution in [0.5, 0.6) is 11.5 Å². The van der Waals surface area contributed by atoms with Crippen LogP contribution in [0.3, 0.4) is 0 Å². The average Bonchev–Trinajstić information content (AvgIpc) is 2.40. The van der Waals surface area contributed by atoms with E-state index in [0.29, 0.717) is 18.0 Å². The van der Waals surface area contributed by atoms with Crippen LogP contribution in [0, 0.1) is 0 Å². The third kappa shape index (κ3) is 3.90. The highest BCUT2D eigenvalue weighted by Crippen LogP contribution is 2.28. The standard InChI is InChI=1S/C16H18BrNO2/c1-11(2)20-16-9-13(7-8-15(16)18)19-10-12-5-3-4-6-14(12)17/h3-9,11H,10,18H2,1-2H3. The normalized spacial score (nSPS) is 10.6. The number of anilines is 1. The highest BCUT2D eigenvalue weighted by molar-refractivity contribution is 9.10. The first kappa shape index (κ1) is 14.7. The topological polar surface area (TPSA) is 44.5 Å². The van der Waals surface area contributed by atoms with Gasteiger partial charge in [-0.15, -0.1) is 0 Å². The van der Waals surface area contributed by atoms with Gasteiger partial charge in [-0.3, -0.25) is 0 Å². The minimum absolute atomic E-state index is 0.0795. The molecule has 2 N–H and O–H groups in total. The zero-order valence-electron chi connectivity index (χ0n) is 11.6. The van der Waals surface area contributed by atoms with Gasteiger partial charge >= 0.3 is 0 Å². The Morgan fingerprint density at radius 2 is 1.90 bits per heavy atom. The van der Waals surface area contributed by atoms with Crippen molar-refractivity contribution in [2.45, 2.75) is 26.6 Å². The molecule has 0 aliphatic heterocycles. The Morgan fingerprint density at radius 3 is 2.60 bits per heavy atom. The van der Waals surface area contributed by atoms with Crippen molar-refractivity contribution in [2.75, 3.05) is 5.73 Å². The Bertz CT molecular complexity index is 584. The molecular formula is C16H18BrNO2. The first-order valence-electron chi connectivity index (χ1n) is 6.48. The maximum Gasteiger partial charge on any atom is 0.146 e. The summed E-state index contributed by atoms with van der Waals surface area (Å²) >= 11 is 3.50. The van der Waals surface area contributed by atoms with Gasteiger partial charge in [0.1, 0.15) is 18.1 Å². The molecule has 0 saturated heterocycles. The van der Waals surface area contributed by atoms with E-state index in [1.54, 1.807) is 6.07 Å². The second kappa shape index (κ2) is 6.66. The summed E-state index contributed by atoms with van der Waals surface area (Å²) in [7, 11) is 0. The van der Waals surface area contributed by atoms with Crippen LogP contribution in [-0.2, 0) is 6.61 Å². The molecule has 0 aliphatic carbocycles. The summed E-state index contributed by atoms with van der Waals surface area (Å²) in [6.07, 6.45) is 0.0795. The number of halogens is 1. The van der Waals surface area contributed by atoms with E-state index in [4.69, 9.17) is 15.2 Å². The van der Waals surface area contributed by atoms with Crippen molar-refractivity contribution < 1.29 is 9.47 Å². The molecule has 0 bridgehead atoms. The molecule has 0 spiro atoms. The van der Waals surface area contributed by atoms with Gasteiger partial charge in [0.05, 0.1) is 11.8 Å². The highest BCUT2D eigenvalue weighted by Gasteiger charge is 2.06. The molecule has 2 rings (SSSR count). The van der Waals surface area contributed by atoms with Crippen molar-refractivity contribution in [2.24, 2.45) is 0 Å². The number of hydrogen-bond acceptors (Lipinski definition) is 3.